The molecule has 1 N–H and O–H groups in total. The molecule has 0 radical (unpaired) electrons. The summed E-state index contributed by atoms with van der Waals surface area (Å²) in [5.41, 5.74) is 3.49. The molecule has 2 aromatic heterocycles. The number of fused-ring (bicyclic) bond motifs is 2. The van der Waals surface area contributed by atoms with Gasteiger partial charge in [0, 0.05) is 22.5 Å². The van der Waals surface area contributed by atoms with Gasteiger partial charge in [0.1, 0.15) is 5.52 Å². The highest BCUT2D eigenvalue weighted by Gasteiger charge is 2.14. The second kappa shape index (κ2) is 8.06. The van der Waals surface area contributed by atoms with Gasteiger partial charge in [0.25, 0.3) is 0 Å². The van der Waals surface area contributed by atoms with E-state index < -0.39 is 0 Å². The van der Waals surface area contributed by atoms with E-state index in [0.717, 1.165) is 47.0 Å². The van der Waals surface area contributed by atoms with Gasteiger partial charge in [-0.15, -0.1) is 0 Å². The van der Waals surface area contributed by atoms with Crippen molar-refractivity contribution in [3.8, 4) is 5.88 Å². The van der Waals surface area contributed by atoms with E-state index in [1.165, 1.54) is 0 Å². The zero-order valence-electron chi connectivity index (χ0n) is 15.7. The van der Waals surface area contributed by atoms with Gasteiger partial charge in [-0.05, 0) is 64.7 Å². The maximum absolute atomic E-state index is 6.17. The number of rotatable bonds is 7. The zero-order valence-corrected chi connectivity index (χ0v) is 16.5. The van der Waals surface area contributed by atoms with Crippen molar-refractivity contribution in [1.29, 1.82) is 0 Å². The standard InChI is InChI=1S/C20H25ClN4O/c1-13(6-5-11-25(2)3)22-19-15-8-7-14(21)12-17(15)23-16-9-10-18(26-4)24-20(16)19/h7-10,12-13H,5-6,11H2,1-4H3,(H,22,23)/t13-/m1/s1. The highest BCUT2D eigenvalue weighted by molar-refractivity contribution is 6.31. The third-order valence-corrected chi connectivity index (χ3v) is 4.63. The minimum Gasteiger partial charge on any atom is -0.481 e. The molecule has 26 heavy (non-hydrogen) atoms. The number of ether oxygens (including phenoxy) is 1. The van der Waals surface area contributed by atoms with Crippen LogP contribution in [0.4, 0.5) is 5.69 Å². The Hall–Kier alpha value is -2.11. The summed E-state index contributed by atoms with van der Waals surface area (Å²) >= 11 is 6.17. The van der Waals surface area contributed by atoms with Crippen LogP contribution in [0, 0.1) is 0 Å². The number of hydrogen-bond acceptors (Lipinski definition) is 5. The lowest BCUT2D eigenvalue weighted by Gasteiger charge is -2.19. The summed E-state index contributed by atoms with van der Waals surface area (Å²) in [6, 6.07) is 9.86. The van der Waals surface area contributed by atoms with Crippen LogP contribution in [0.15, 0.2) is 30.3 Å². The Kier molecular flexibility index (Phi) is 5.79. The molecule has 0 fully saturated rings. The SMILES string of the molecule is COc1ccc2nc3cc(Cl)ccc3c(N[C@H](C)CCCN(C)C)c2n1. The summed E-state index contributed by atoms with van der Waals surface area (Å²) in [6.45, 7) is 3.27. The normalized spacial score (nSPS) is 12.7. The number of benzene rings is 1. The van der Waals surface area contributed by atoms with Crippen molar-refractivity contribution >= 4 is 39.2 Å². The predicted molar refractivity (Wildman–Crippen MR) is 109 cm³/mol. The minimum atomic E-state index is 0.312. The molecule has 0 aliphatic rings. The van der Waals surface area contributed by atoms with Gasteiger partial charge < -0.3 is 15.0 Å². The lowest BCUT2D eigenvalue weighted by molar-refractivity contribution is 0.390. The van der Waals surface area contributed by atoms with E-state index in [2.05, 4.69) is 36.2 Å². The summed E-state index contributed by atoms with van der Waals surface area (Å²) in [6.07, 6.45) is 2.20. The van der Waals surface area contributed by atoms with Crippen LogP contribution in [0.2, 0.25) is 5.02 Å². The van der Waals surface area contributed by atoms with Crippen molar-refractivity contribution in [2.24, 2.45) is 0 Å². The molecule has 138 valence electrons. The van der Waals surface area contributed by atoms with Gasteiger partial charge >= 0.3 is 0 Å². The second-order valence-corrected chi connectivity index (χ2v) is 7.30. The fourth-order valence-electron chi connectivity index (χ4n) is 3.07. The first-order chi connectivity index (χ1) is 12.5. The lowest BCUT2D eigenvalue weighted by Crippen LogP contribution is -2.19. The molecule has 5 nitrogen and oxygen atoms in total. The van der Waals surface area contributed by atoms with Crippen molar-refractivity contribution in [3.63, 3.8) is 0 Å². The third-order valence-electron chi connectivity index (χ3n) is 4.40. The van der Waals surface area contributed by atoms with Gasteiger partial charge in [-0.25, -0.2) is 9.97 Å². The number of aromatic nitrogens is 2. The molecule has 0 saturated heterocycles. The number of halogens is 1. The van der Waals surface area contributed by atoms with Gasteiger partial charge in [0.2, 0.25) is 5.88 Å². The van der Waals surface area contributed by atoms with Gasteiger partial charge in [-0.3, -0.25) is 0 Å². The Morgan fingerprint density at radius 1 is 1.15 bits per heavy atom. The maximum Gasteiger partial charge on any atom is 0.213 e. The number of nitrogens with one attached hydrogen (secondary N) is 1. The van der Waals surface area contributed by atoms with E-state index in [4.69, 9.17) is 21.3 Å². The van der Waals surface area contributed by atoms with Crippen LogP contribution in [0.25, 0.3) is 21.9 Å². The van der Waals surface area contributed by atoms with Crippen LogP contribution < -0.4 is 10.1 Å². The molecule has 1 aromatic carbocycles. The minimum absolute atomic E-state index is 0.312. The average molecular weight is 373 g/mol. The van der Waals surface area contributed by atoms with E-state index in [1.807, 2.05) is 30.3 Å². The van der Waals surface area contributed by atoms with E-state index in [-0.39, 0.29) is 0 Å². The summed E-state index contributed by atoms with van der Waals surface area (Å²) in [5, 5.41) is 5.35. The average Bonchev–Trinajstić information content (AvgIpc) is 2.60. The van der Waals surface area contributed by atoms with E-state index >= 15 is 0 Å². The predicted octanol–water partition coefficient (Wildman–Crippen LogP) is 4.59. The van der Waals surface area contributed by atoms with Gasteiger partial charge in [-0.2, -0.15) is 0 Å². The van der Waals surface area contributed by atoms with Crippen LogP contribution in [0.5, 0.6) is 5.88 Å². The zero-order chi connectivity index (χ0) is 18.7. The van der Waals surface area contributed by atoms with Crippen molar-refractivity contribution in [2.75, 3.05) is 33.1 Å². The smallest absolute Gasteiger partial charge is 0.213 e. The Balaban J connectivity index is 2.03. The van der Waals surface area contributed by atoms with Crippen LogP contribution in [0.1, 0.15) is 19.8 Å². The molecule has 0 unspecified atom stereocenters. The Morgan fingerprint density at radius 2 is 1.96 bits per heavy atom. The Morgan fingerprint density at radius 3 is 2.69 bits per heavy atom. The second-order valence-electron chi connectivity index (χ2n) is 6.86. The first kappa shape index (κ1) is 18.7. The highest BCUT2D eigenvalue weighted by Crippen LogP contribution is 2.33. The molecule has 0 bridgehead atoms. The molecule has 0 saturated carbocycles. The first-order valence-corrected chi connectivity index (χ1v) is 9.21. The summed E-state index contributed by atoms with van der Waals surface area (Å²) < 4.78 is 5.31. The maximum atomic E-state index is 6.17. The molecule has 0 aliphatic carbocycles. The fourth-order valence-corrected chi connectivity index (χ4v) is 3.23. The molecule has 3 aromatic rings. The lowest BCUT2D eigenvalue weighted by atomic mass is 10.1. The Labute approximate surface area is 159 Å². The van der Waals surface area contributed by atoms with E-state index in [1.54, 1.807) is 7.11 Å². The molecule has 6 heteroatoms. The molecule has 1 atom stereocenters. The van der Waals surface area contributed by atoms with Gasteiger partial charge in [0.15, 0.2) is 0 Å². The summed E-state index contributed by atoms with van der Waals surface area (Å²) in [7, 11) is 5.82. The van der Waals surface area contributed by atoms with Crippen LogP contribution in [-0.4, -0.2) is 48.7 Å². The van der Waals surface area contributed by atoms with Gasteiger partial charge in [0.05, 0.1) is 23.8 Å². The summed E-state index contributed by atoms with van der Waals surface area (Å²) in [4.78, 5) is 11.6. The molecule has 2 heterocycles. The van der Waals surface area contributed by atoms with Crippen LogP contribution >= 0.6 is 11.6 Å². The van der Waals surface area contributed by atoms with Crippen LogP contribution in [0.3, 0.4) is 0 Å². The fraction of sp³-hybridized carbons (Fsp3) is 0.400. The van der Waals surface area contributed by atoms with Crippen molar-refractivity contribution in [3.05, 3.63) is 35.4 Å². The van der Waals surface area contributed by atoms with E-state index in [0.29, 0.717) is 16.9 Å². The largest absolute Gasteiger partial charge is 0.481 e. The summed E-state index contributed by atoms with van der Waals surface area (Å²) in [5.74, 6) is 0.580. The van der Waals surface area contributed by atoms with Crippen LogP contribution in [-0.2, 0) is 0 Å². The molecular weight excluding hydrogens is 348 g/mol. The van der Waals surface area contributed by atoms with Crippen molar-refractivity contribution in [2.45, 2.75) is 25.8 Å². The number of anilines is 1. The number of pyridine rings is 2. The molecule has 0 aliphatic heterocycles. The number of nitrogens with zero attached hydrogens (tertiary/aromatic N) is 3. The van der Waals surface area contributed by atoms with E-state index in [9.17, 15) is 0 Å². The molecular formula is C20H25ClN4O. The third kappa shape index (κ3) is 4.17. The Bertz CT molecular complexity index is 913. The van der Waals surface area contributed by atoms with Gasteiger partial charge in [-0.1, -0.05) is 11.6 Å². The number of methoxy groups -OCH3 is 1. The van der Waals surface area contributed by atoms with Crippen molar-refractivity contribution < 1.29 is 4.74 Å². The molecule has 3 rings (SSSR count). The highest BCUT2D eigenvalue weighted by atomic mass is 35.5. The molecule has 0 amide bonds. The first-order valence-electron chi connectivity index (χ1n) is 8.83. The quantitative estimate of drug-likeness (QED) is 0.615. The topological polar surface area (TPSA) is 50.3 Å². The van der Waals surface area contributed by atoms with Crippen molar-refractivity contribution in [1.82, 2.24) is 14.9 Å². The molecule has 0 spiro atoms. The monoisotopic (exact) mass is 372 g/mol. The number of hydrogen-bond donors (Lipinski definition) is 1.